The summed E-state index contributed by atoms with van der Waals surface area (Å²) in [5.74, 6) is 0. The Hall–Kier alpha value is -0.460. The minimum Gasteiger partial charge on any atom is -0.388 e. The van der Waals surface area contributed by atoms with E-state index in [9.17, 15) is 15.3 Å². The summed E-state index contributed by atoms with van der Waals surface area (Å²) in [4.78, 5) is 0. The van der Waals surface area contributed by atoms with Crippen molar-refractivity contribution in [1.29, 1.82) is 0 Å². The number of aliphatic hydroxyl groups is 3. The van der Waals surface area contributed by atoms with E-state index in [1.54, 1.807) is 0 Å². The van der Waals surface area contributed by atoms with Crippen molar-refractivity contribution in [1.82, 2.24) is 0 Å². The van der Waals surface area contributed by atoms with Crippen molar-refractivity contribution in [2.45, 2.75) is 82.7 Å². The molecule has 0 radical (unpaired) electrons. The first kappa shape index (κ1) is 20.6. The summed E-state index contributed by atoms with van der Waals surface area (Å²) in [7, 11) is 0. The summed E-state index contributed by atoms with van der Waals surface area (Å²) in [6.45, 7) is 3.11. The van der Waals surface area contributed by atoms with Gasteiger partial charge in [-0.2, -0.15) is 0 Å². The molecule has 1 aliphatic rings. The summed E-state index contributed by atoms with van der Waals surface area (Å²) in [6.07, 6.45) is 10.3. The molecule has 0 bridgehead atoms. The molecule has 4 atom stereocenters. The molecule has 0 amide bonds. The highest BCUT2D eigenvalue weighted by atomic mass is 16.6. The Labute approximate surface area is 140 Å². The van der Waals surface area contributed by atoms with Gasteiger partial charge in [-0.1, -0.05) is 44.8 Å². The van der Waals surface area contributed by atoms with Crippen LogP contribution in [0.3, 0.4) is 0 Å². The smallest absolute Gasteiger partial charge is 0.111 e. The Kier molecular flexibility index (Phi) is 11.5. The van der Waals surface area contributed by atoms with E-state index in [0.29, 0.717) is 6.61 Å². The second-order valence-electron chi connectivity index (χ2n) is 6.31. The third-order valence-electron chi connectivity index (χ3n) is 4.19. The third kappa shape index (κ3) is 8.82. The molecule has 0 saturated carbocycles. The van der Waals surface area contributed by atoms with Gasteiger partial charge in [-0.15, -0.1) is 0 Å². The monoisotopic (exact) mass is 330 g/mol. The Morgan fingerprint density at radius 2 is 1.65 bits per heavy atom. The minimum absolute atomic E-state index is 0.0350. The van der Waals surface area contributed by atoms with Gasteiger partial charge in [0.05, 0.1) is 13.2 Å². The van der Waals surface area contributed by atoms with E-state index < -0.39 is 24.4 Å². The van der Waals surface area contributed by atoms with E-state index in [1.165, 1.54) is 32.1 Å². The lowest BCUT2D eigenvalue weighted by Crippen LogP contribution is -2.54. The van der Waals surface area contributed by atoms with Crippen molar-refractivity contribution in [2.75, 3.05) is 19.8 Å². The molecule has 1 heterocycles. The molecular formula is C18H34O5. The Bertz CT molecular complexity index is 308. The Morgan fingerprint density at radius 3 is 2.39 bits per heavy atom. The molecule has 0 aromatic rings. The summed E-state index contributed by atoms with van der Waals surface area (Å²) in [5, 5.41) is 28.7. The van der Waals surface area contributed by atoms with Crippen LogP contribution in [0.1, 0.15) is 58.3 Å². The van der Waals surface area contributed by atoms with Gasteiger partial charge in [-0.25, -0.2) is 0 Å². The van der Waals surface area contributed by atoms with Crippen LogP contribution in [0.15, 0.2) is 12.2 Å². The predicted molar refractivity (Wildman–Crippen MR) is 90.3 cm³/mol. The molecule has 1 aliphatic heterocycles. The number of ether oxygens (including phenoxy) is 2. The van der Waals surface area contributed by atoms with Gasteiger partial charge in [0.1, 0.15) is 24.4 Å². The number of allylic oxidation sites excluding steroid dienone is 2. The summed E-state index contributed by atoms with van der Waals surface area (Å²) in [5.41, 5.74) is 0. The molecule has 136 valence electrons. The van der Waals surface area contributed by atoms with Crippen LogP contribution < -0.4 is 0 Å². The van der Waals surface area contributed by atoms with Crippen LogP contribution in [-0.4, -0.2) is 59.6 Å². The van der Waals surface area contributed by atoms with Crippen LogP contribution in [0, 0.1) is 0 Å². The van der Waals surface area contributed by atoms with E-state index >= 15 is 0 Å². The van der Waals surface area contributed by atoms with Crippen LogP contribution in [0.4, 0.5) is 0 Å². The van der Waals surface area contributed by atoms with Gasteiger partial charge in [0.2, 0.25) is 0 Å². The lowest BCUT2D eigenvalue weighted by Gasteiger charge is -2.35. The zero-order chi connectivity index (χ0) is 16.9. The number of hydrogen-bond donors (Lipinski definition) is 3. The van der Waals surface area contributed by atoms with Gasteiger partial charge >= 0.3 is 0 Å². The molecule has 3 N–H and O–H groups in total. The molecule has 0 spiro atoms. The molecule has 23 heavy (non-hydrogen) atoms. The highest BCUT2D eigenvalue weighted by molar-refractivity contribution is 4.86. The predicted octanol–water partition coefficient (Wildman–Crippen LogP) is 2.18. The van der Waals surface area contributed by atoms with Crippen molar-refractivity contribution in [2.24, 2.45) is 0 Å². The molecule has 0 aromatic heterocycles. The number of aliphatic hydroxyl groups excluding tert-OH is 3. The van der Waals surface area contributed by atoms with E-state index in [2.05, 4.69) is 19.1 Å². The van der Waals surface area contributed by atoms with Crippen molar-refractivity contribution >= 4 is 0 Å². The maximum Gasteiger partial charge on any atom is 0.111 e. The topological polar surface area (TPSA) is 79.2 Å². The molecular weight excluding hydrogens is 296 g/mol. The zero-order valence-electron chi connectivity index (χ0n) is 14.4. The van der Waals surface area contributed by atoms with Gasteiger partial charge in [0.25, 0.3) is 0 Å². The average molecular weight is 330 g/mol. The van der Waals surface area contributed by atoms with Crippen LogP contribution in [0.25, 0.3) is 0 Å². The SMILES string of the molecule is CCCCCCC/C=C/CCCOC[C@@H]1OC[C@@H](O)[C@H](O)[C@H]1O. The molecule has 5 nitrogen and oxygen atoms in total. The maximum absolute atomic E-state index is 9.76. The van der Waals surface area contributed by atoms with E-state index in [1.807, 2.05) is 0 Å². The quantitative estimate of drug-likeness (QED) is 0.377. The van der Waals surface area contributed by atoms with Crippen molar-refractivity contribution < 1.29 is 24.8 Å². The molecule has 1 rings (SSSR count). The van der Waals surface area contributed by atoms with E-state index in [-0.39, 0.29) is 13.2 Å². The highest BCUT2D eigenvalue weighted by Crippen LogP contribution is 2.16. The average Bonchev–Trinajstić information content (AvgIpc) is 2.55. The molecule has 1 fully saturated rings. The number of hydrogen-bond acceptors (Lipinski definition) is 5. The van der Waals surface area contributed by atoms with E-state index in [0.717, 1.165) is 19.3 Å². The number of rotatable bonds is 12. The van der Waals surface area contributed by atoms with Crippen molar-refractivity contribution in [3.63, 3.8) is 0 Å². The normalized spacial score (nSPS) is 28.5. The van der Waals surface area contributed by atoms with Gasteiger partial charge < -0.3 is 24.8 Å². The largest absolute Gasteiger partial charge is 0.388 e. The molecule has 0 unspecified atom stereocenters. The lowest BCUT2D eigenvalue weighted by molar-refractivity contribution is -0.199. The van der Waals surface area contributed by atoms with Gasteiger partial charge in [-0.05, 0) is 25.7 Å². The van der Waals surface area contributed by atoms with Gasteiger partial charge in [-0.3, -0.25) is 0 Å². The van der Waals surface area contributed by atoms with Crippen LogP contribution in [0.2, 0.25) is 0 Å². The highest BCUT2D eigenvalue weighted by Gasteiger charge is 2.37. The molecule has 0 aromatic carbocycles. The summed E-state index contributed by atoms with van der Waals surface area (Å²) >= 11 is 0. The zero-order valence-corrected chi connectivity index (χ0v) is 14.4. The van der Waals surface area contributed by atoms with Crippen LogP contribution >= 0.6 is 0 Å². The Morgan fingerprint density at radius 1 is 0.957 bits per heavy atom. The van der Waals surface area contributed by atoms with E-state index in [4.69, 9.17) is 9.47 Å². The standard InChI is InChI=1S/C18H34O5/c1-2-3-4-5-6-7-8-9-10-11-12-22-14-16-18(21)17(20)15(19)13-23-16/h8-9,15-21H,2-7,10-14H2,1H3/b9-8+/t15-,16+,17+,18+/m1/s1. The molecule has 0 aliphatic carbocycles. The summed E-state index contributed by atoms with van der Waals surface area (Å²) < 4.78 is 10.8. The minimum atomic E-state index is -1.15. The third-order valence-corrected chi connectivity index (χ3v) is 4.19. The van der Waals surface area contributed by atoms with Gasteiger partial charge in [0, 0.05) is 6.61 Å². The first-order valence-corrected chi connectivity index (χ1v) is 9.05. The number of unbranched alkanes of at least 4 members (excludes halogenated alkanes) is 6. The lowest BCUT2D eigenvalue weighted by atomic mass is 10.0. The fourth-order valence-corrected chi connectivity index (χ4v) is 2.62. The molecule has 1 saturated heterocycles. The second kappa shape index (κ2) is 12.9. The van der Waals surface area contributed by atoms with Crippen LogP contribution in [0.5, 0.6) is 0 Å². The second-order valence-corrected chi connectivity index (χ2v) is 6.31. The maximum atomic E-state index is 9.76. The first-order valence-electron chi connectivity index (χ1n) is 9.05. The van der Waals surface area contributed by atoms with Crippen LogP contribution in [-0.2, 0) is 9.47 Å². The Balaban J connectivity index is 1.93. The fraction of sp³-hybridized carbons (Fsp3) is 0.889. The summed E-state index contributed by atoms with van der Waals surface area (Å²) in [6, 6.07) is 0. The fourth-order valence-electron chi connectivity index (χ4n) is 2.62. The first-order chi connectivity index (χ1) is 11.2. The van der Waals surface area contributed by atoms with Crippen molar-refractivity contribution in [3.05, 3.63) is 12.2 Å². The molecule has 5 heteroatoms. The van der Waals surface area contributed by atoms with Gasteiger partial charge in [0.15, 0.2) is 0 Å². The van der Waals surface area contributed by atoms with Crippen molar-refractivity contribution in [3.8, 4) is 0 Å².